The number of carbonyl (C=O) groups excluding carboxylic acids is 1. The van der Waals surface area contributed by atoms with Gasteiger partial charge in [-0.3, -0.25) is 4.79 Å². The van der Waals surface area contributed by atoms with Gasteiger partial charge in [-0.05, 0) is 79.6 Å². The molecular formula is C25H33ClN2O4S. The number of ether oxygens (including phenoxy) is 1. The van der Waals surface area contributed by atoms with Crippen LogP contribution < -0.4 is 10.1 Å². The predicted octanol–water partition coefficient (Wildman–Crippen LogP) is 5.45. The minimum absolute atomic E-state index is 0.0920. The van der Waals surface area contributed by atoms with E-state index in [4.69, 9.17) is 16.3 Å². The SMILES string of the molecule is COc1cc(C)c([C@@H](C)NC(=O)c2cc(S(=O)(=O)N3CCCCC3)ccc2Cl)cc1C(C)C. The van der Waals surface area contributed by atoms with Crippen LogP contribution in [0.2, 0.25) is 5.02 Å². The number of nitrogens with zero attached hydrogens (tertiary/aromatic N) is 1. The number of rotatable bonds is 7. The summed E-state index contributed by atoms with van der Waals surface area (Å²) in [5.41, 5.74) is 3.18. The maximum atomic E-state index is 13.1. The van der Waals surface area contributed by atoms with Crippen LogP contribution in [0.25, 0.3) is 0 Å². The number of amides is 1. The van der Waals surface area contributed by atoms with Crippen molar-refractivity contribution in [3.63, 3.8) is 0 Å². The highest BCUT2D eigenvalue weighted by molar-refractivity contribution is 7.89. The maximum Gasteiger partial charge on any atom is 0.253 e. The third-order valence-electron chi connectivity index (χ3n) is 6.19. The highest BCUT2D eigenvalue weighted by Crippen LogP contribution is 2.32. The van der Waals surface area contributed by atoms with Gasteiger partial charge in [0.15, 0.2) is 0 Å². The lowest BCUT2D eigenvalue weighted by atomic mass is 9.93. The van der Waals surface area contributed by atoms with E-state index in [9.17, 15) is 13.2 Å². The second kappa shape index (κ2) is 10.5. The van der Waals surface area contributed by atoms with Gasteiger partial charge in [0, 0.05) is 13.1 Å². The number of methoxy groups -OCH3 is 1. The standard InChI is InChI=1S/C25H33ClN2O4S/c1-16(2)20-15-21(17(3)13-24(20)32-5)18(4)27-25(29)22-14-19(9-10-23(22)26)33(30,31)28-11-7-6-8-12-28/h9-10,13-16,18H,6-8,11-12H2,1-5H3,(H,27,29)/t18-/m1/s1. The molecule has 0 spiro atoms. The largest absolute Gasteiger partial charge is 0.496 e. The fraction of sp³-hybridized carbons (Fsp3) is 0.480. The van der Waals surface area contributed by atoms with Crippen LogP contribution in [0.4, 0.5) is 0 Å². The summed E-state index contributed by atoms with van der Waals surface area (Å²) in [5, 5.41) is 3.20. The number of carbonyl (C=O) groups is 1. The van der Waals surface area contributed by atoms with Crippen LogP contribution in [-0.4, -0.2) is 38.8 Å². The van der Waals surface area contributed by atoms with Crippen molar-refractivity contribution < 1.29 is 17.9 Å². The summed E-state index contributed by atoms with van der Waals surface area (Å²) in [7, 11) is -2.01. The number of halogens is 1. The van der Waals surface area contributed by atoms with Crippen molar-refractivity contribution >= 4 is 27.5 Å². The van der Waals surface area contributed by atoms with Gasteiger partial charge >= 0.3 is 0 Å². The van der Waals surface area contributed by atoms with Gasteiger partial charge in [-0.25, -0.2) is 8.42 Å². The lowest BCUT2D eigenvalue weighted by Crippen LogP contribution is -2.35. The minimum atomic E-state index is -3.66. The van der Waals surface area contributed by atoms with E-state index < -0.39 is 15.9 Å². The molecule has 6 nitrogen and oxygen atoms in total. The Morgan fingerprint density at radius 1 is 1.06 bits per heavy atom. The molecule has 1 N–H and O–H groups in total. The summed E-state index contributed by atoms with van der Waals surface area (Å²) >= 11 is 6.31. The van der Waals surface area contributed by atoms with Crippen LogP contribution in [0.1, 0.15) is 79.0 Å². The van der Waals surface area contributed by atoms with Gasteiger partial charge in [0.25, 0.3) is 5.91 Å². The first-order valence-electron chi connectivity index (χ1n) is 11.3. The van der Waals surface area contributed by atoms with Crippen molar-refractivity contribution in [2.45, 2.75) is 63.8 Å². The fourth-order valence-corrected chi connectivity index (χ4v) is 6.00. The molecule has 2 aromatic rings. The Morgan fingerprint density at radius 3 is 2.33 bits per heavy atom. The highest BCUT2D eigenvalue weighted by Gasteiger charge is 2.27. The second-order valence-corrected chi connectivity index (χ2v) is 11.3. The molecule has 1 aliphatic rings. The van der Waals surface area contributed by atoms with Gasteiger partial charge in [0.05, 0.1) is 28.6 Å². The zero-order valence-electron chi connectivity index (χ0n) is 19.9. The summed E-state index contributed by atoms with van der Waals surface area (Å²) in [6.07, 6.45) is 2.72. The van der Waals surface area contributed by atoms with Crippen LogP contribution in [-0.2, 0) is 10.0 Å². The number of nitrogens with one attached hydrogen (secondary N) is 1. The monoisotopic (exact) mass is 492 g/mol. The minimum Gasteiger partial charge on any atom is -0.496 e. The number of benzene rings is 2. The molecule has 1 amide bonds. The van der Waals surface area contributed by atoms with Gasteiger partial charge < -0.3 is 10.1 Å². The molecule has 3 rings (SSSR count). The molecular weight excluding hydrogens is 460 g/mol. The van der Waals surface area contributed by atoms with Crippen molar-refractivity contribution in [1.82, 2.24) is 9.62 Å². The second-order valence-electron chi connectivity index (χ2n) is 8.91. The number of piperidine rings is 1. The van der Waals surface area contributed by atoms with E-state index in [1.807, 2.05) is 19.9 Å². The van der Waals surface area contributed by atoms with Crippen LogP contribution in [0, 0.1) is 6.92 Å². The molecule has 0 aliphatic carbocycles. The molecule has 2 aromatic carbocycles. The summed E-state index contributed by atoms with van der Waals surface area (Å²) in [6, 6.07) is 8.06. The van der Waals surface area contributed by atoms with Crippen molar-refractivity contribution in [2.24, 2.45) is 0 Å². The van der Waals surface area contributed by atoms with Gasteiger partial charge in [0.1, 0.15) is 5.75 Å². The molecule has 1 saturated heterocycles. The van der Waals surface area contributed by atoms with E-state index in [0.29, 0.717) is 13.1 Å². The molecule has 1 heterocycles. The van der Waals surface area contributed by atoms with Crippen molar-refractivity contribution in [2.75, 3.05) is 20.2 Å². The summed E-state index contributed by atoms with van der Waals surface area (Å²) in [4.78, 5) is 13.2. The molecule has 180 valence electrons. The van der Waals surface area contributed by atoms with E-state index in [1.54, 1.807) is 7.11 Å². The number of hydrogen-bond donors (Lipinski definition) is 1. The molecule has 8 heteroatoms. The quantitative estimate of drug-likeness (QED) is 0.557. The van der Waals surface area contributed by atoms with E-state index >= 15 is 0 Å². The molecule has 0 radical (unpaired) electrons. The molecule has 1 atom stereocenters. The molecule has 0 unspecified atom stereocenters. The molecule has 0 aromatic heterocycles. The average molecular weight is 493 g/mol. The smallest absolute Gasteiger partial charge is 0.253 e. The van der Waals surface area contributed by atoms with Crippen LogP contribution in [0.5, 0.6) is 5.75 Å². The average Bonchev–Trinajstić information content (AvgIpc) is 2.79. The van der Waals surface area contributed by atoms with Crippen molar-refractivity contribution in [1.29, 1.82) is 0 Å². The third-order valence-corrected chi connectivity index (χ3v) is 8.41. The third kappa shape index (κ3) is 5.53. The topological polar surface area (TPSA) is 75.7 Å². The normalized spacial score (nSPS) is 16.0. The molecule has 1 aliphatic heterocycles. The van der Waals surface area contributed by atoms with Gasteiger partial charge in [-0.15, -0.1) is 0 Å². The number of hydrogen-bond acceptors (Lipinski definition) is 4. The van der Waals surface area contributed by atoms with Gasteiger partial charge in [-0.2, -0.15) is 4.31 Å². The lowest BCUT2D eigenvalue weighted by molar-refractivity contribution is 0.0939. The van der Waals surface area contributed by atoms with E-state index in [1.165, 1.54) is 22.5 Å². The number of aryl methyl sites for hydroxylation is 1. The fourth-order valence-electron chi connectivity index (χ4n) is 4.26. The Balaban J connectivity index is 1.87. The molecule has 33 heavy (non-hydrogen) atoms. The van der Waals surface area contributed by atoms with E-state index in [-0.39, 0.29) is 27.4 Å². The first-order chi connectivity index (χ1) is 15.6. The summed E-state index contributed by atoms with van der Waals surface area (Å²) < 4.78 is 33.1. The Bertz CT molecular complexity index is 1130. The zero-order valence-corrected chi connectivity index (χ0v) is 21.5. The Kier molecular flexibility index (Phi) is 8.08. The zero-order chi connectivity index (χ0) is 24.3. The highest BCUT2D eigenvalue weighted by atomic mass is 35.5. The Morgan fingerprint density at radius 2 is 1.73 bits per heavy atom. The molecule has 1 fully saturated rings. The van der Waals surface area contributed by atoms with E-state index in [2.05, 4.69) is 25.2 Å². The van der Waals surface area contributed by atoms with Crippen LogP contribution in [0.15, 0.2) is 35.2 Å². The van der Waals surface area contributed by atoms with Crippen molar-refractivity contribution in [3.05, 3.63) is 57.6 Å². The predicted molar refractivity (Wildman–Crippen MR) is 132 cm³/mol. The Labute approximate surface area is 202 Å². The lowest BCUT2D eigenvalue weighted by Gasteiger charge is -2.26. The maximum absolute atomic E-state index is 13.1. The van der Waals surface area contributed by atoms with Crippen molar-refractivity contribution in [3.8, 4) is 5.75 Å². The van der Waals surface area contributed by atoms with Gasteiger partial charge in [0.2, 0.25) is 10.0 Å². The van der Waals surface area contributed by atoms with Crippen LogP contribution >= 0.6 is 11.6 Å². The molecule has 0 saturated carbocycles. The van der Waals surface area contributed by atoms with E-state index in [0.717, 1.165) is 41.7 Å². The summed E-state index contributed by atoms with van der Waals surface area (Å²) in [6.45, 7) is 9.06. The first-order valence-corrected chi connectivity index (χ1v) is 13.2. The molecule has 0 bridgehead atoms. The van der Waals surface area contributed by atoms with Crippen LogP contribution in [0.3, 0.4) is 0 Å². The number of sulfonamides is 1. The first kappa shape index (κ1) is 25.5. The van der Waals surface area contributed by atoms with Gasteiger partial charge in [-0.1, -0.05) is 31.9 Å². The summed E-state index contributed by atoms with van der Waals surface area (Å²) in [5.74, 6) is 0.668. The Hall–Kier alpha value is -2.09.